The SMILES string of the molecule is CC(C)CNC(=O)c1ccc2c(c1)Oc1[nH]c(=O)[nH]c(=O)c1C2. The fourth-order valence-electron chi connectivity index (χ4n) is 2.38. The van der Waals surface area contributed by atoms with Crippen LogP contribution in [0.25, 0.3) is 0 Å². The summed E-state index contributed by atoms with van der Waals surface area (Å²) in [4.78, 5) is 39.9. The van der Waals surface area contributed by atoms with Crippen LogP contribution in [0.1, 0.15) is 35.3 Å². The molecule has 0 aliphatic carbocycles. The van der Waals surface area contributed by atoms with Crippen LogP contribution in [0, 0.1) is 5.92 Å². The molecule has 2 heterocycles. The highest BCUT2D eigenvalue weighted by atomic mass is 16.5. The number of rotatable bonds is 3. The van der Waals surface area contributed by atoms with E-state index < -0.39 is 11.2 Å². The molecule has 0 fully saturated rings. The Morgan fingerprint density at radius 3 is 2.83 bits per heavy atom. The summed E-state index contributed by atoms with van der Waals surface area (Å²) < 4.78 is 5.60. The summed E-state index contributed by atoms with van der Waals surface area (Å²) >= 11 is 0. The number of carbonyl (C=O) groups is 1. The van der Waals surface area contributed by atoms with Crippen molar-refractivity contribution in [1.29, 1.82) is 0 Å². The van der Waals surface area contributed by atoms with Crippen LogP contribution in [0.15, 0.2) is 27.8 Å². The fraction of sp³-hybridized carbons (Fsp3) is 0.312. The largest absolute Gasteiger partial charge is 0.440 e. The standard InChI is InChI=1S/C16H17N3O4/c1-8(2)7-17-13(20)10-4-3-9-5-11-14(21)18-16(22)19-15(11)23-12(9)6-10/h3-4,6,8H,5,7H2,1-2H3,(H,17,20)(H2,18,19,21,22). The Bertz CT molecular complexity index is 880. The second kappa shape index (κ2) is 5.75. The van der Waals surface area contributed by atoms with Gasteiger partial charge in [-0.05, 0) is 23.6 Å². The first kappa shape index (κ1) is 15.1. The number of hydrogen-bond acceptors (Lipinski definition) is 4. The maximum atomic E-state index is 12.1. The molecule has 1 aliphatic heterocycles. The second-order valence-electron chi connectivity index (χ2n) is 5.92. The number of hydrogen-bond donors (Lipinski definition) is 3. The van der Waals surface area contributed by atoms with Crippen molar-refractivity contribution in [1.82, 2.24) is 15.3 Å². The molecule has 3 rings (SSSR count). The molecule has 0 saturated heterocycles. The molecular formula is C16H17N3O4. The number of fused-ring (bicyclic) bond motifs is 2. The predicted molar refractivity (Wildman–Crippen MR) is 84.2 cm³/mol. The van der Waals surface area contributed by atoms with Crippen molar-refractivity contribution in [3.05, 3.63) is 55.7 Å². The van der Waals surface area contributed by atoms with Crippen molar-refractivity contribution in [3.8, 4) is 11.6 Å². The van der Waals surface area contributed by atoms with Gasteiger partial charge in [-0.1, -0.05) is 19.9 Å². The number of benzene rings is 1. The van der Waals surface area contributed by atoms with Gasteiger partial charge in [-0.25, -0.2) is 4.79 Å². The number of ether oxygens (including phenoxy) is 1. The molecule has 1 aromatic heterocycles. The number of carbonyl (C=O) groups excluding carboxylic acids is 1. The van der Waals surface area contributed by atoms with Gasteiger partial charge in [0.1, 0.15) is 5.75 Å². The molecule has 0 spiro atoms. The lowest BCUT2D eigenvalue weighted by Gasteiger charge is -2.19. The van der Waals surface area contributed by atoms with Crippen LogP contribution in [-0.2, 0) is 6.42 Å². The maximum absolute atomic E-state index is 12.1. The molecule has 3 N–H and O–H groups in total. The highest BCUT2D eigenvalue weighted by Crippen LogP contribution is 2.33. The van der Waals surface area contributed by atoms with E-state index in [1.807, 2.05) is 13.8 Å². The summed E-state index contributed by atoms with van der Waals surface area (Å²) in [6.07, 6.45) is 0.338. The van der Waals surface area contributed by atoms with Crippen LogP contribution < -0.4 is 21.3 Å². The van der Waals surface area contributed by atoms with Gasteiger partial charge in [0, 0.05) is 18.5 Å². The minimum Gasteiger partial charge on any atom is -0.440 e. The monoisotopic (exact) mass is 315 g/mol. The van der Waals surface area contributed by atoms with Gasteiger partial charge >= 0.3 is 5.69 Å². The number of aromatic amines is 2. The number of aromatic nitrogens is 2. The van der Waals surface area contributed by atoms with Gasteiger partial charge in [0.05, 0.1) is 5.56 Å². The van der Waals surface area contributed by atoms with Gasteiger partial charge in [-0.2, -0.15) is 0 Å². The predicted octanol–water partition coefficient (Wildman–Crippen LogP) is 1.15. The summed E-state index contributed by atoms with van der Waals surface area (Å²) in [5.41, 5.74) is 0.542. The zero-order chi connectivity index (χ0) is 16.6. The highest BCUT2D eigenvalue weighted by molar-refractivity contribution is 5.94. The molecule has 0 atom stereocenters. The normalized spacial score (nSPS) is 12.3. The fourth-order valence-corrected chi connectivity index (χ4v) is 2.38. The van der Waals surface area contributed by atoms with Crippen LogP contribution in [0.4, 0.5) is 0 Å². The molecule has 1 aliphatic rings. The van der Waals surface area contributed by atoms with Gasteiger partial charge in [-0.3, -0.25) is 19.6 Å². The summed E-state index contributed by atoms with van der Waals surface area (Å²) in [7, 11) is 0. The second-order valence-corrected chi connectivity index (χ2v) is 5.92. The molecule has 2 aromatic rings. The molecule has 120 valence electrons. The van der Waals surface area contributed by atoms with E-state index >= 15 is 0 Å². The lowest BCUT2D eigenvalue weighted by Crippen LogP contribution is -2.29. The Balaban J connectivity index is 1.90. The first-order valence-corrected chi connectivity index (χ1v) is 7.38. The Morgan fingerprint density at radius 2 is 2.09 bits per heavy atom. The molecule has 1 amide bonds. The number of nitrogens with one attached hydrogen (secondary N) is 3. The van der Waals surface area contributed by atoms with Crippen molar-refractivity contribution in [3.63, 3.8) is 0 Å². The Kier molecular flexibility index (Phi) is 3.77. The van der Waals surface area contributed by atoms with Crippen LogP contribution in [-0.4, -0.2) is 22.4 Å². The number of H-pyrrole nitrogens is 2. The third kappa shape index (κ3) is 3.03. The topological polar surface area (TPSA) is 104 Å². The highest BCUT2D eigenvalue weighted by Gasteiger charge is 2.22. The number of amides is 1. The van der Waals surface area contributed by atoms with Crippen LogP contribution >= 0.6 is 0 Å². The van der Waals surface area contributed by atoms with Gasteiger partial charge < -0.3 is 10.1 Å². The Labute approximate surface area is 131 Å². The molecular weight excluding hydrogens is 298 g/mol. The summed E-state index contributed by atoms with van der Waals surface area (Å²) in [6.45, 7) is 4.62. The van der Waals surface area contributed by atoms with Gasteiger partial charge in [0.15, 0.2) is 0 Å². The summed E-state index contributed by atoms with van der Waals surface area (Å²) in [5, 5.41) is 2.84. The summed E-state index contributed by atoms with van der Waals surface area (Å²) in [5.74, 6) is 0.772. The molecule has 7 nitrogen and oxygen atoms in total. The van der Waals surface area contributed by atoms with E-state index in [4.69, 9.17) is 4.74 Å². The molecule has 0 radical (unpaired) electrons. The van der Waals surface area contributed by atoms with E-state index in [1.54, 1.807) is 18.2 Å². The van der Waals surface area contributed by atoms with E-state index in [-0.39, 0.29) is 11.8 Å². The minimum atomic E-state index is -0.622. The molecule has 0 bridgehead atoms. The first-order valence-electron chi connectivity index (χ1n) is 7.38. The molecule has 23 heavy (non-hydrogen) atoms. The quantitative estimate of drug-likeness (QED) is 0.674. The van der Waals surface area contributed by atoms with Crippen molar-refractivity contribution < 1.29 is 9.53 Å². The average molecular weight is 315 g/mol. The lowest BCUT2D eigenvalue weighted by atomic mass is 10.0. The maximum Gasteiger partial charge on any atom is 0.328 e. The van der Waals surface area contributed by atoms with Gasteiger partial charge in [0.25, 0.3) is 11.5 Å². The van der Waals surface area contributed by atoms with Gasteiger partial charge in [-0.15, -0.1) is 0 Å². The van der Waals surface area contributed by atoms with Gasteiger partial charge in [0.2, 0.25) is 5.88 Å². The zero-order valence-corrected chi connectivity index (χ0v) is 12.9. The van der Waals surface area contributed by atoms with Crippen LogP contribution in [0.2, 0.25) is 0 Å². The minimum absolute atomic E-state index is 0.131. The van der Waals surface area contributed by atoms with Crippen LogP contribution in [0.3, 0.4) is 0 Å². The van der Waals surface area contributed by atoms with Crippen molar-refractivity contribution in [2.24, 2.45) is 5.92 Å². The lowest BCUT2D eigenvalue weighted by molar-refractivity contribution is 0.0948. The third-order valence-electron chi connectivity index (χ3n) is 3.58. The van der Waals surface area contributed by atoms with Crippen molar-refractivity contribution in [2.45, 2.75) is 20.3 Å². The smallest absolute Gasteiger partial charge is 0.328 e. The van der Waals surface area contributed by atoms with E-state index in [2.05, 4.69) is 15.3 Å². The van der Waals surface area contributed by atoms with E-state index in [1.165, 1.54) is 0 Å². The zero-order valence-electron chi connectivity index (χ0n) is 12.9. The molecule has 0 unspecified atom stereocenters. The third-order valence-corrected chi connectivity index (χ3v) is 3.58. The molecule has 7 heteroatoms. The van der Waals surface area contributed by atoms with E-state index in [0.717, 1.165) is 5.56 Å². The Morgan fingerprint density at radius 1 is 1.30 bits per heavy atom. The van der Waals surface area contributed by atoms with Crippen molar-refractivity contribution in [2.75, 3.05) is 6.54 Å². The molecule has 0 saturated carbocycles. The Hall–Kier alpha value is -2.83. The van der Waals surface area contributed by atoms with E-state index in [9.17, 15) is 14.4 Å². The molecule has 1 aromatic carbocycles. The summed E-state index contributed by atoms with van der Waals surface area (Å²) in [6, 6.07) is 5.07. The van der Waals surface area contributed by atoms with Crippen LogP contribution in [0.5, 0.6) is 11.6 Å². The van der Waals surface area contributed by atoms with Crippen molar-refractivity contribution >= 4 is 5.91 Å². The average Bonchev–Trinajstić information content (AvgIpc) is 2.50. The first-order chi connectivity index (χ1) is 10.9. The van der Waals surface area contributed by atoms with E-state index in [0.29, 0.717) is 35.8 Å².